The van der Waals surface area contributed by atoms with E-state index in [2.05, 4.69) is 15.0 Å². The van der Waals surface area contributed by atoms with Crippen molar-refractivity contribution in [1.82, 2.24) is 24.6 Å². The van der Waals surface area contributed by atoms with Gasteiger partial charge < -0.3 is 9.64 Å². The van der Waals surface area contributed by atoms with Gasteiger partial charge in [-0.05, 0) is 12.5 Å². The van der Waals surface area contributed by atoms with Gasteiger partial charge in [-0.3, -0.25) is 14.4 Å². The van der Waals surface area contributed by atoms with Gasteiger partial charge in [0, 0.05) is 44.8 Å². The van der Waals surface area contributed by atoms with Crippen molar-refractivity contribution in [3.63, 3.8) is 0 Å². The van der Waals surface area contributed by atoms with E-state index in [1.165, 1.54) is 17.1 Å². The number of carbonyl (C=O) groups excluding carboxylic acids is 1. The number of piperazine rings is 1. The molecule has 0 bridgehead atoms. The van der Waals surface area contributed by atoms with Gasteiger partial charge in [0.05, 0.1) is 12.7 Å². The second-order valence-corrected chi connectivity index (χ2v) is 6.90. The zero-order valence-electron chi connectivity index (χ0n) is 14.7. The van der Waals surface area contributed by atoms with Crippen molar-refractivity contribution in [2.45, 2.75) is 25.2 Å². The Morgan fingerprint density at radius 3 is 2.92 bits per heavy atom. The van der Waals surface area contributed by atoms with Crippen LogP contribution < -0.4 is 0 Å². The van der Waals surface area contributed by atoms with E-state index < -0.39 is 0 Å². The zero-order chi connectivity index (χ0) is 18.1. The first-order valence-electron chi connectivity index (χ1n) is 8.84. The number of rotatable bonds is 4. The number of carbonyl (C=O) groups is 1. The Bertz CT molecular complexity index is 795. The molecular weight excluding hydrogens is 337 g/mol. The molecule has 2 aromatic rings. The minimum Gasteiger partial charge on any atom is -0.372 e. The topological polar surface area (TPSA) is 63.5 Å². The molecule has 26 heavy (non-hydrogen) atoms. The Morgan fingerprint density at radius 2 is 2.15 bits per heavy atom. The number of halogens is 1. The zero-order valence-corrected chi connectivity index (χ0v) is 14.7. The summed E-state index contributed by atoms with van der Waals surface area (Å²) in [7, 11) is 1.75. The highest BCUT2D eigenvalue weighted by molar-refractivity contribution is 5.90. The Morgan fingerprint density at radius 1 is 1.31 bits per heavy atom. The van der Waals surface area contributed by atoms with Gasteiger partial charge in [-0.15, -0.1) is 5.10 Å². The van der Waals surface area contributed by atoms with Crippen molar-refractivity contribution in [2.75, 3.05) is 26.2 Å². The van der Waals surface area contributed by atoms with E-state index in [1.807, 2.05) is 11.0 Å². The quantitative estimate of drug-likeness (QED) is 0.817. The van der Waals surface area contributed by atoms with Gasteiger partial charge in [-0.1, -0.05) is 18.2 Å². The molecule has 2 aliphatic rings. The van der Waals surface area contributed by atoms with Gasteiger partial charge in [0.15, 0.2) is 0 Å². The van der Waals surface area contributed by atoms with Crippen LogP contribution in [0.5, 0.6) is 0 Å². The Kier molecular flexibility index (Phi) is 4.69. The number of aryl methyl sites for hydroxylation is 1. The summed E-state index contributed by atoms with van der Waals surface area (Å²) in [5, 5.41) is 4.10. The average molecular weight is 359 g/mol. The highest BCUT2D eigenvalue weighted by Gasteiger charge is 2.38. The van der Waals surface area contributed by atoms with Crippen LogP contribution in [0.3, 0.4) is 0 Å². The van der Waals surface area contributed by atoms with E-state index in [0.717, 1.165) is 19.5 Å². The number of hydrogen-bond acceptors (Lipinski definition) is 5. The SMILES string of the molecule is Cn1cnc(C(=O)N2CCN3C[C@@H](OCc4ccccc4F)C[C@@H]3C2)n1. The van der Waals surface area contributed by atoms with Gasteiger partial charge in [0.1, 0.15) is 12.1 Å². The molecule has 0 N–H and O–H groups in total. The lowest BCUT2D eigenvalue weighted by Crippen LogP contribution is -2.52. The van der Waals surface area contributed by atoms with Crippen LogP contribution in [0.4, 0.5) is 4.39 Å². The number of benzene rings is 1. The van der Waals surface area contributed by atoms with Crippen molar-refractivity contribution in [3.05, 3.63) is 47.8 Å². The maximum Gasteiger partial charge on any atom is 0.293 e. The van der Waals surface area contributed by atoms with E-state index in [9.17, 15) is 9.18 Å². The Labute approximate surface area is 151 Å². The van der Waals surface area contributed by atoms with E-state index in [1.54, 1.807) is 19.2 Å². The van der Waals surface area contributed by atoms with Crippen molar-refractivity contribution >= 4 is 5.91 Å². The molecule has 8 heteroatoms. The van der Waals surface area contributed by atoms with Gasteiger partial charge in [0.25, 0.3) is 5.91 Å². The van der Waals surface area contributed by atoms with Crippen LogP contribution in [-0.4, -0.2) is 68.8 Å². The summed E-state index contributed by atoms with van der Waals surface area (Å²) in [5.41, 5.74) is 0.579. The van der Waals surface area contributed by atoms with Gasteiger partial charge in [-0.2, -0.15) is 0 Å². The lowest BCUT2D eigenvalue weighted by Gasteiger charge is -2.36. The Balaban J connectivity index is 1.33. The van der Waals surface area contributed by atoms with Gasteiger partial charge >= 0.3 is 0 Å². The van der Waals surface area contributed by atoms with Crippen LogP contribution in [0.15, 0.2) is 30.6 Å². The second-order valence-electron chi connectivity index (χ2n) is 6.90. The fourth-order valence-electron chi connectivity index (χ4n) is 3.70. The molecular formula is C18H22FN5O2. The molecule has 7 nitrogen and oxygen atoms in total. The number of fused-ring (bicyclic) bond motifs is 1. The first-order chi connectivity index (χ1) is 12.6. The second kappa shape index (κ2) is 7.13. The predicted octanol–water partition coefficient (Wildman–Crippen LogP) is 1.07. The van der Waals surface area contributed by atoms with E-state index in [0.29, 0.717) is 18.7 Å². The molecule has 0 unspecified atom stereocenters. The van der Waals surface area contributed by atoms with E-state index in [4.69, 9.17) is 4.74 Å². The molecule has 2 atom stereocenters. The van der Waals surface area contributed by atoms with E-state index >= 15 is 0 Å². The molecule has 1 amide bonds. The third-order valence-corrected chi connectivity index (χ3v) is 5.09. The highest BCUT2D eigenvalue weighted by Crippen LogP contribution is 2.25. The summed E-state index contributed by atoms with van der Waals surface area (Å²) in [6.07, 6.45) is 2.43. The standard InChI is InChI=1S/C18H22FN5O2/c1-22-12-20-17(21-22)18(25)24-7-6-23-10-15(8-14(23)9-24)26-11-13-4-2-3-5-16(13)19/h2-5,12,14-15H,6-11H2,1H3/t14-,15+/m1/s1. The fourth-order valence-corrected chi connectivity index (χ4v) is 3.70. The lowest BCUT2D eigenvalue weighted by molar-refractivity contribution is 0.0437. The Hall–Kier alpha value is -2.32. The molecule has 2 aliphatic heterocycles. The summed E-state index contributed by atoms with van der Waals surface area (Å²) in [6, 6.07) is 6.96. The van der Waals surface area contributed by atoms with Crippen molar-refractivity contribution in [1.29, 1.82) is 0 Å². The summed E-state index contributed by atoms with van der Waals surface area (Å²) >= 11 is 0. The van der Waals surface area contributed by atoms with Crippen LogP contribution in [-0.2, 0) is 18.4 Å². The molecule has 2 fully saturated rings. The third kappa shape index (κ3) is 3.47. The largest absolute Gasteiger partial charge is 0.372 e. The first-order valence-corrected chi connectivity index (χ1v) is 8.84. The van der Waals surface area contributed by atoms with Crippen molar-refractivity contribution < 1.29 is 13.9 Å². The van der Waals surface area contributed by atoms with Crippen LogP contribution in [0.25, 0.3) is 0 Å². The number of ether oxygens (including phenoxy) is 1. The van der Waals surface area contributed by atoms with Crippen LogP contribution >= 0.6 is 0 Å². The fraction of sp³-hybridized carbons (Fsp3) is 0.500. The molecule has 1 aromatic carbocycles. The molecule has 2 saturated heterocycles. The molecule has 0 saturated carbocycles. The minimum atomic E-state index is -0.233. The number of amides is 1. The van der Waals surface area contributed by atoms with Crippen molar-refractivity contribution in [3.8, 4) is 0 Å². The molecule has 1 aromatic heterocycles. The summed E-state index contributed by atoms with van der Waals surface area (Å²) in [6.45, 7) is 3.22. The number of aromatic nitrogens is 3. The van der Waals surface area contributed by atoms with Crippen LogP contribution in [0, 0.1) is 5.82 Å². The van der Waals surface area contributed by atoms with Crippen LogP contribution in [0.2, 0.25) is 0 Å². The minimum absolute atomic E-state index is 0.0580. The van der Waals surface area contributed by atoms with E-state index in [-0.39, 0.29) is 36.3 Å². The lowest BCUT2D eigenvalue weighted by atomic mass is 10.1. The average Bonchev–Trinajstić information content (AvgIpc) is 3.25. The summed E-state index contributed by atoms with van der Waals surface area (Å²) in [5.74, 6) is -0.116. The predicted molar refractivity (Wildman–Crippen MR) is 91.9 cm³/mol. The summed E-state index contributed by atoms with van der Waals surface area (Å²) < 4.78 is 21.2. The molecule has 0 radical (unpaired) electrons. The smallest absolute Gasteiger partial charge is 0.293 e. The van der Waals surface area contributed by atoms with Crippen LogP contribution in [0.1, 0.15) is 22.6 Å². The highest BCUT2D eigenvalue weighted by atomic mass is 19.1. The third-order valence-electron chi connectivity index (χ3n) is 5.09. The molecule has 3 heterocycles. The first kappa shape index (κ1) is 17.1. The van der Waals surface area contributed by atoms with Gasteiger partial charge in [0.2, 0.25) is 5.82 Å². The van der Waals surface area contributed by atoms with Crippen molar-refractivity contribution in [2.24, 2.45) is 7.05 Å². The summed E-state index contributed by atoms with van der Waals surface area (Å²) in [4.78, 5) is 20.7. The maximum atomic E-state index is 13.7. The monoisotopic (exact) mass is 359 g/mol. The molecule has 0 aliphatic carbocycles. The number of nitrogens with zero attached hydrogens (tertiary/aromatic N) is 5. The molecule has 0 spiro atoms. The maximum absolute atomic E-state index is 13.7. The normalized spacial score (nSPS) is 23.2. The molecule has 4 rings (SSSR count). The number of hydrogen-bond donors (Lipinski definition) is 0. The molecule has 138 valence electrons. The van der Waals surface area contributed by atoms with Gasteiger partial charge in [-0.25, -0.2) is 9.37 Å².